The van der Waals surface area contributed by atoms with Gasteiger partial charge in [0.25, 0.3) is 5.91 Å². The molecule has 0 aliphatic carbocycles. The lowest BCUT2D eigenvalue weighted by atomic mass is 9.95. The Bertz CT molecular complexity index is 730. The maximum atomic E-state index is 13.0. The van der Waals surface area contributed by atoms with E-state index in [0.717, 1.165) is 10.4 Å². The summed E-state index contributed by atoms with van der Waals surface area (Å²) in [6.07, 6.45) is 3.22. The summed E-state index contributed by atoms with van der Waals surface area (Å²) >= 11 is 1.56. The second-order valence-electron chi connectivity index (χ2n) is 5.91. The van der Waals surface area contributed by atoms with Gasteiger partial charge in [-0.2, -0.15) is 0 Å². The lowest BCUT2D eigenvalue weighted by Gasteiger charge is -2.31. The van der Waals surface area contributed by atoms with Gasteiger partial charge in [-0.1, -0.05) is 36.4 Å². The molecule has 1 aliphatic rings. The van der Waals surface area contributed by atoms with Gasteiger partial charge in [0.1, 0.15) is 0 Å². The van der Waals surface area contributed by atoms with Crippen molar-refractivity contribution in [2.75, 3.05) is 13.1 Å². The van der Waals surface area contributed by atoms with Crippen LogP contribution in [0.4, 0.5) is 0 Å². The van der Waals surface area contributed by atoms with E-state index in [4.69, 9.17) is 5.73 Å². The van der Waals surface area contributed by atoms with Gasteiger partial charge in [0, 0.05) is 23.9 Å². The van der Waals surface area contributed by atoms with E-state index in [2.05, 4.69) is 0 Å². The molecule has 1 aliphatic heterocycles. The number of thiophene rings is 1. The molecule has 0 bridgehead atoms. The van der Waals surface area contributed by atoms with E-state index >= 15 is 0 Å². The number of nitrogens with zero attached hydrogens (tertiary/aromatic N) is 1. The van der Waals surface area contributed by atoms with Crippen molar-refractivity contribution in [3.05, 3.63) is 58.3 Å². The Balaban J connectivity index is 1.83. The molecule has 2 heterocycles. The van der Waals surface area contributed by atoms with Crippen LogP contribution in [-0.4, -0.2) is 29.8 Å². The van der Waals surface area contributed by atoms with Gasteiger partial charge in [-0.25, -0.2) is 0 Å². The highest BCUT2D eigenvalue weighted by atomic mass is 32.1. The molecule has 0 unspecified atom stereocenters. The van der Waals surface area contributed by atoms with Crippen molar-refractivity contribution >= 4 is 34.8 Å². The van der Waals surface area contributed by atoms with Crippen molar-refractivity contribution in [2.24, 2.45) is 11.7 Å². The number of carbonyl (C=O) groups is 2. The predicted molar refractivity (Wildman–Crippen MR) is 97.1 cm³/mol. The summed E-state index contributed by atoms with van der Waals surface area (Å²) in [5.74, 6) is -0.359. The Morgan fingerprint density at radius 3 is 2.38 bits per heavy atom. The fourth-order valence-corrected chi connectivity index (χ4v) is 3.66. The number of likely N-dealkylation sites (tertiary alicyclic amines) is 1. The van der Waals surface area contributed by atoms with Crippen LogP contribution in [0.25, 0.3) is 11.6 Å². The monoisotopic (exact) mass is 340 g/mol. The standard InChI is InChI=1S/C19H20N2O2S/c20-18(22)15-8-10-21(11-9-15)19(23)16(17-7-4-12-24-17)13-14-5-2-1-3-6-14/h1-7,12-13,15H,8-11H2,(H2,20,22). The Kier molecular flexibility index (Phi) is 5.11. The van der Waals surface area contributed by atoms with Crippen LogP contribution in [0.5, 0.6) is 0 Å². The number of benzene rings is 1. The summed E-state index contributed by atoms with van der Waals surface area (Å²) in [7, 11) is 0. The van der Waals surface area contributed by atoms with E-state index in [-0.39, 0.29) is 17.7 Å². The Morgan fingerprint density at radius 1 is 1.08 bits per heavy atom. The number of carbonyl (C=O) groups excluding carboxylic acids is 2. The van der Waals surface area contributed by atoms with E-state index < -0.39 is 0 Å². The van der Waals surface area contributed by atoms with Gasteiger partial charge in [0.15, 0.2) is 0 Å². The minimum Gasteiger partial charge on any atom is -0.369 e. The average Bonchev–Trinajstić information content (AvgIpc) is 3.14. The molecule has 1 saturated heterocycles. The van der Waals surface area contributed by atoms with Gasteiger partial charge >= 0.3 is 0 Å². The highest BCUT2D eigenvalue weighted by Gasteiger charge is 2.28. The number of rotatable bonds is 4. The molecule has 3 rings (SSSR count). The fourth-order valence-electron chi connectivity index (χ4n) is 2.92. The minimum absolute atomic E-state index is 0.0178. The van der Waals surface area contributed by atoms with Crippen LogP contribution >= 0.6 is 11.3 Å². The Labute approximate surface area is 145 Å². The summed E-state index contributed by atoms with van der Waals surface area (Å²) in [6, 6.07) is 13.8. The number of piperidine rings is 1. The first-order valence-corrected chi connectivity index (χ1v) is 8.92. The summed E-state index contributed by atoms with van der Waals surface area (Å²) in [4.78, 5) is 27.1. The molecule has 24 heavy (non-hydrogen) atoms. The Hall–Kier alpha value is -2.40. The van der Waals surface area contributed by atoms with Crippen molar-refractivity contribution in [2.45, 2.75) is 12.8 Å². The van der Waals surface area contributed by atoms with Crippen molar-refractivity contribution in [1.82, 2.24) is 4.90 Å². The molecule has 1 aromatic heterocycles. The summed E-state index contributed by atoms with van der Waals surface area (Å²) in [5, 5.41) is 1.97. The van der Waals surface area contributed by atoms with Crippen LogP contribution in [-0.2, 0) is 9.59 Å². The highest BCUT2D eigenvalue weighted by molar-refractivity contribution is 7.11. The third-order valence-electron chi connectivity index (χ3n) is 4.31. The van der Waals surface area contributed by atoms with E-state index in [0.29, 0.717) is 31.5 Å². The maximum absolute atomic E-state index is 13.0. The van der Waals surface area contributed by atoms with Crippen LogP contribution in [0.15, 0.2) is 47.8 Å². The molecule has 124 valence electrons. The largest absolute Gasteiger partial charge is 0.369 e. The fraction of sp³-hybridized carbons (Fsp3) is 0.263. The van der Waals surface area contributed by atoms with Gasteiger partial charge in [0.05, 0.1) is 5.57 Å². The normalized spacial score (nSPS) is 16.2. The SMILES string of the molecule is NC(=O)C1CCN(C(=O)C(=Cc2ccccc2)c2cccs2)CC1. The zero-order chi connectivity index (χ0) is 16.9. The van der Waals surface area contributed by atoms with Gasteiger partial charge in [-0.3, -0.25) is 9.59 Å². The smallest absolute Gasteiger partial charge is 0.255 e. The lowest BCUT2D eigenvalue weighted by molar-refractivity contribution is -0.130. The first-order chi connectivity index (χ1) is 11.6. The maximum Gasteiger partial charge on any atom is 0.255 e. The third-order valence-corrected chi connectivity index (χ3v) is 5.22. The summed E-state index contributed by atoms with van der Waals surface area (Å²) in [5.41, 5.74) is 7.08. The lowest BCUT2D eigenvalue weighted by Crippen LogP contribution is -2.42. The van der Waals surface area contributed by atoms with Crippen LogP contribution in [0.2, 0.25) is 0 Å². The molecule has 0 spiro atoms. The molecule has 4 nitrogen and oxygen atoms in total. The van der Waals surface area contributed by atoms with Gasteiger partial charge in [0.2, 0.25) is 5.91 Å². The molecule has 1 fully saturated rings. The Morgan fingerprint density at radius 2 is 1.79 bits per heavy atom. The number of hydrogen-bond donors (Lipinski definition) is 1. The quantitative estimate of drug-likeness (QED) is 0.870. The summed E-state index contributed by atoms with van der Waals surface area (Å²) < 4.78 is 0. The number of nitrogens with two attached hydrogens (primary N) is 1. The van der Waals surface area contributed by atoms with Crippen LogP contribution in [0.3, 0.4) is 0 Å². The molecule has 2 N–H and O–H groups in total. The topological polar surface area (TPSA) is 63.4 Å². The molecule has 0 atom stereocenters. The average molecular weight is 340 g/mol. The molecular weight excluding hydrogens is 320 g/mol. The molecule has 0 radical (unpaired) electrons. The van der Waals surface area contributed by atoms with Gasteiger partial charge in [-0.05, 0) is 35.9 Å². The first kappa shape index (κ1) is 16.5. The van der Waals surface area contributed by atoms with Crippen LogP contribution in [0, 0.1) is 5.92 Å². The van der Waals surface area contributed by atoms with E-state index in [1.807, 2.05) is 58.8 Å². The number of hydrogen-bond acceptors (Lipinski definition) is 3. The predicted octanol–water partition coefficient (Wildman–Crippen LogP) is 3.01. The second-order valence-corrected chi connectivity index (χ2v) is 6.86. The summed E-state index contributed by atoms with van der Waals surface area (Å²) in [6.45, 7) is 1.15. The van der Waals surface area contributed by atoms with Gasteiger partial charge < -0.3 is 10.6 Å². The first-order valence-electron chi connectivity index (χ1n) is 8.04. The van der Waals surface area contributed by atoms with Crippen molar-refractivity contribution < 1.29 is 9.59 Å². The van der Waals surface area contributed by atoms with Crippen molar-refractivity contribution in [3.63, 3.8) is 0 Å². The molecule has 5 heteroatoms. The van der Waals surface area contributed by atoms with Crippen LogP contribution in [0.1, 0.15) is 23.3 Å². The molecular formula is C19H20N2O2S. The third kappa shape index (κ3) is 3.74. The van der Waals surface area contributed by atoms with Gasteiger partial charge in [-0.15, -0.1) is 11.3 Å². The molecule has 1 aromatic carbocycles. The van der Waals surface area contributed by atoms with Crippen molar-refractivity contribution in [1.29, 1.82) is 0 Å². The minimum atomic E-state index is -0.264. The zero-order valence-corrected chi connectivity index (χ0v) is 14.2. The second kappa shape index (κ2) is 7.45. The highest BCUT2D eigenvalue weighted by Crippen LogP contribution is 2.27. The van der Waals surface area contributed by atoms with E-state index in [1.165, 1.54) is 0 Å². The zero-order valence-electron chi connectivity index (χ0n) is 13.4. The molecule has 2 amide bonds. The number of primary amides is 1. The van der Waals surface area contributed by atoms with E-state index in [1.54, 1.807) is 11.3 Å². The van der Waals surface area contributed by atoms with Crippen molar-refractivity contribution in [3.8, 4) is 0 Å². The number of amides is 2. The van der Waals surface area contributed by atoms with E-state index in [9.17, 15) is 9.59 Å². The van der Waals surface area contributed by atoms with Crippen LogP contribution < -0.4 is 5.73 Å². The molecule has 2 aromatic rings. The molecule has 0 saturated carbocycles.